The zero-order chi connectivity index (χ0) is 25.1. The van der Waals surface area contributed by atoms with Crippen LogP contribution in [0.5, 0.6) is 0 Å². The van der Waals surface area contributed by atoms with Crippen molar-refractivity contribution in [2.24, 2.45) is 0 Å². The lowest BCUT2D eigenvalue weighted by Gasteiger charge is -2.22. The van der Waals surface area contributed by atoms with E-state index in [0.29, 0.717) is 58.0 Å². The van der Waals surface area contributed by atoms with E-state index in [0.717, 1.165) is 25.0 Å². The van der Waals surface area contributed by atoms with E-state index in [1.54, 1.807) is 30.5 Å². The van der Waals surface area contributed by atoms with Gasteiger partial charge in [0.15, 0.2) is 11.5 Å². The lowest BCUT2D eigenvalue weighted by Crippen LogP contribution is -2.23. The number of rotatable bonds is 6. The molecule has 7 nitrogen and oxygen atoms in total. The fourth-order valence-electron chi connectivity index (χ4n) is 3.84. The number of hydrogen-bond acceptors (Lipinski definition) is 7. The van der Waals surface area contributed by atoms with Crippen molar-refractivity contribution in [3.8, 4) is 11.4 Å². The molecular formula is C25H21ClF3N5O2. The average Bonchev–Trinajstić information content (AvgIpc) is 2.88. The van der Waals surface area contributed by atoms with Gasteiger partial charge in [0.1, 0.15) is 18.1 Å². The minimum absolute atomic E-state index is 0.0380. The number of anilines is 2. The molecule has 0 amide bonds. The van der Waals surface area contributed by atoms with Gasteiger partial charge in [-0.2, -0.15) is 13.2 Å². The third-order valence-electron chi connectivity index (χ3n) is 5.70. The molecule has 1 aromatic carbocycles. The topological polar surface area (TPSA) is 82.1 Å². The molecule has 11 heteroatoms. The van der Waals surface area contributed by atoms with Gasteiger partial charge in [0, 0.05) is 25.1 Å². The van der Waals surface area contributed by atoms with Gasteiger partial charge in [-0.25, -0.2) is 15.0 Å². The molecule has 3 aromatic heterocycles. The number of benzene rings is 1. The van der Waals surface area contributed by atoms with Gasteiger partial charge >= 0.3 is 6.18 Å². The van der Waals surface area contributed by atoms with E-state index in [1.807, 2.05) is 0 Å². The molecule has 4 heterocycles. The van der Waals surface area contributed by atoms with Crippen LogP contribution in [-0.4, -0.2) is 39.3 Å². The van der Waals surface area contributed by atoms with Gasteiger partial charge in [-0.15, -0.1) is 0 Å². The van der Waals surface area contributed by atoms with E-state index >= 15 is 0 Å². The number of fused-ring (bicyclic) bond motifs is 1. The normalized spacial score (nSPS) is 14.8. The van der Waals surface area contributed by atoms with Gasteiger partial charge in [0.25, 0.3) is 0 Å². The van der Waals surface area contributed by atoms with Crippen molar-refractivity contribution in [3.63, 3.8) is 0 Å². The molecule has 0 radical (unpaired) electrons. The van der Waals surface area contributed by atoms with Crippen molar-refractivity contribution in [2.45, 2.75) is 31.7 Å². The van der Waals surface area contributed by atoms with Crippen LogP contribution < -0.4 is 5.32 Å². The Labute approximate surface area is 209 Å². The van der Waals surface area contributed by atoms with E-state index in [4.69, 9.17) is 21.1 Å². The van der Waals surface area contributed by atoms with Crippen LogP contribution in [0.15, 0.2) is 54.7 Å². The van der Waals surface area contributed by atoms with Crippen LogP contribution >= 0.6 is 11.6 Å². The summed E-state index contributed by atoms with van der Waals surface area (Å²) >= 11 is 6.30. The molecule has 0 aliphatic carbocycles. The molecule has 0 bridgehead atoms. The predicted octanol–water partition coefficient (Wildman–Crippen LogP) is 6.20. The van der Waals surface area contributed by atoms with E-state index in [-0.39, 0.29) is 12.7 Å². The Morgan fingerprint density at radius 3 is 2.50 bits per heavy atom. The Hall–Kier alpha value is -3.34. The summed E-state index contributed by atoms with van der Waals surface area (Å²) in [6, 6.07) is 11.7. The number of pyridine rings is 2. The minimum Gasteiger partial charge on any atom is -0.381 e. The molecule has 1 aliphatic rings. The van der Waals surface area contributed by atoms with E-state index in [9.17, 15) is 13.2 Å². The number of nitrogens with one attached hydrogen (secondary N) is 1. The van der Waals surface area contributed by atoms with Gasteiger partial charge in [-0.3, -0.25) is 4.98 Å². The lowest BCUT2D eigenvalue weighted by atomic mass is 10.1. The zero-order valence-corrected chi connectivity index (χ0v) is 19.7. The van der Waals surface area contributed by atoms with Crippen molar-refractivity contribution >= 4 is 34.1 Å². The Bertz CT molecular complexity index is 1360. The molecule has 4 aromatic rings. The Morgan fingerprint density at radius 1 is 1.00 bits per heavy atom. The highest BCUT2D eigenvalue weighted by atomic mass is 35.5. The van der Waals surface area contributed by atoms with E-state index in [2.05, 4.69) is 25.3 Å². The maximum Gasteiger partial charge on any atom is 0.416 e. The smallest absolute Gasteiger partial charge is 0.381 e. The molecular weight excluding hydrogens is 495 g/mol. The monoisotopic (exact) mass is 515 g/mol. The largest absolute Gasteiger partial charge is 0.416 e. The van der Waals surface area contributed by atoms with Gasteiger partial charge in [-0.1, -0.05) is 11.6 Å². The van der Waals surface area contributed by atoms with Crippen molar-refractivity contribution in [1.82, 2.24) is 19.9 Å². The summed E-state index contributed by atoms with van der Waals surface area (Å²) in [5.41, 5.74) is 1.13. The maximum atomic E-state index is 13.0. The third kappa shape index (κ3) is 5.56. The molecule has 1 fully saturated rings. The SMILES string of the molecule is FC(F)(F)c1ccc(Nc2nc(COC3CCOCC3)nc3nc(-c4ncccc4Cl)ccc23)cc1. The molecule has 0 spiro atoms. The summed E-state index contributed by atoms with van der Waals surface area (Å²) in [4.78, 5) is 18.1. The fraction of sp³-hybridized carbons (Fsp3) is 0.280. The van der Waals surface area contributed by atoms with Crippen LogP contribution in [0.25, 0.3) is 22.4 Å². The van der Waals surface area contributed by atoms with E-state index in [1.165, 1.54) is 12.1 Å². The Balaban J connectivity index is 1.50. The number of nitrogens with zero attached hydrogens (tertiary/aromatic N) is 4. The van der Waals surface area contributed by atoms with Gasteiger partial charge in [0.05, 0.1) is 27.8 Å². The first-order chi connectivity index (χ1) is 17.4. The number of halogens is 4. The van der Waals surface area contributed by atoms with Crippen LogP contribution in [0.1, 0.15) is 24.2 Å². The summed E-state index contributed by atoms with van der Waals surface area (Å²) in [6.07, 6.45) is -1.19. The second kappa shape index (κ2) is 10.3. The molecule has 0 unspecified atom stereocenters. The predicted molar refractivity (Wildman–Crippen MR) is 129 cm³/mol. The highest BCUT2D eigenvalue weighted by Gasteiger charge is 2.30. The first-order valence-electron chi connectivity index (χ1n) is 11.3. The molecule has 5 rings (SSSR count). The minimum atomic E-state index is -4.41. The second-order valence-electron chi connectivity index (χ2n) is 8.21. The number of hydrogen-bond donors (Lipinski definition) is 1. The maximum absolute atomic E-state index is 13.0. The number of alkyl halides is 3. The van der Waals surface area contributed by atoms with Crippen molar-refractivity contribution < 1.29 is 22.6 Å². The van der Waals surface area contributed by atoms with Crippen LogP contribution in [0.2, 0.25) is 5.02 Å². The molecule has 1 aliphatic heterocycles. The lowest BCUT2D eigenvalue weighted by molar-refractivity contribution is -0.137. The first kappa shape index (κ1) is 24.4. The molecule has 0 saturated carbocycles. The summed E-state index contributed by atoms with van der Waals surface area (Å²) < 4.78 is 50.3. The van der Waals surface area contributed by atoms with Crippen molar-refractivity contribution in [3.05, 3.63) is 71.1 Å². The van der Waals surface area contributed by atoms with Gasteiger partial charge in [-0.05, 0) is 61.4 Å². The van der Waals surface area contributed by atoms with Gasteiger partial charge in [0.2, 0.25) is 0 Å². The van der Waals surface area contributed by atoms with Crippen LogP contribution in [-0.2, 0) is 22.3 Å². The summed E-state index contributed by atoms with van der Waals surface area (Å²) in [5.74, 6) is 0.789. The summed E-state index contributed by atoms with van der Waals surface area (Å²) in [6.45, 7) is 1.43. The standard InChI is InChI=1S/C25H21ClF3N5O2/c26-19-2-1-11-30-22(19)20-8-7-18-23(31-16-5-3-15(4-6-16)25(27,28)29)33-21(34-24(18)32-20)14-36-17-9-12-35-13-10-17/h1-8,11,17H,9-10,12-14H2,(H,31,32,33,34). The molecule has 36 heavy (non-hydrogen) atoms. The number of ether oxygens (including phenoxy) is 2. The average molecular weight is 516 g/mol. The Kier molecular flexibility index (Phi) is 6.99. The zero-order valence-electron chi connectivity index (χ0n) is 18.9. The highest BCUT2D eigenvalue weighted by Crippen LogP contribution is 2.32. The quantitative estimate of drug-likeness (QED) is 0.327. The van der Waals surface area contributed by atoms with Gasteiger partial charge < -0.3 is 14.8 Å². The summed E-state index contributed by atoms with van der Waals surface area (Å²) in [7, 11) is 0. The van der Waals surface area contributed by atoms with Crippen molar-refractivity contribution in [1.29, 1.82) is 0 Å². The fourth-order valence-corrected chi connectivity index (χ4v) is 4.05. The molecule has 1 N–H and O–H groups in total. The highest BCUT2D eigenvalue weighted by molar-refractivity contribution is 6.32. The number of aromatic nitrogens is 4. The van der Waals surface area contributed by atoms with Crippen LogP contribution in [0.3, 0.4) is 0 Å². The molecule has 1 saturated heterocycles. The van der Waals surface area contributed by atoms with Crippen LogP contribution in [0.4, 0.5) is 24.7 Å². The molecule has 0 atom stereocenters. The molecule has 186 valence electrons. The third-order valence-corrected chi connectivity index (χ3v) is 6.00. The summed E-state index contributed by atoms with van der Waals surface area (Å²) in [5, 5.41) is 4.13. The van der Waals surface area contributed by atoms with Crippen LogP contribution in [0, 0.1) is 0 Å². The first-order valence-corrected chi connectivity index (χ1v) is 11.7. The second-order valence-corrected chi connectivity index (χ2v) is 8.62. The van der Waals surface area contributed by atoms with Crippen molar-refractivity contribution in [2.75, 3.05) is 18.5 Å². The van der Waals surface area contributed by atoms with E-state index < -0.39 is 11.7 Å². The Morgan fingerprint density at radius 2 is 1.78 bits per heavy atom.